The third-order valence-corrected chi connectivity index (χ3v) is 2.92. The topological polar surface area (TPSA) is 44.5 Å². The maximum atomic E-state index is 5.69. The number of hydrogen-bond acceptors (Lipinski definition) is 3. The number of ether oxygens (including phenoxy) is 2. The summed E-state index contributed by atoms with van der Waals surface area (Å²) in [5, 5.41) is 0. The van der Waals surface area contributed by atoms with E-state index in [-0.39, 0.29) is 6.10 Å². The van der Waals surface area contributed by atoms with E-state index in [1.165, 1.54) is 0 Å². The molecule has 2 N–H and O–H groups in total. The van der Waals surface area contributed by atoms with Gasteiger partial charge in [-0.3, -0.25) is 0 Å². The maximum Gasteiger partial charge on any atom is 0.129 e. The molecule has 0 amide bonds. The van der Waals surface area contributed by atoms with Crippen LogP contribution < -0.4 is 10.5 Å². The van der Waals surface area contributed by atoms with Gasteiger partial charge in [-0.25, -0.2) is 0 Å². The van der Waals surface area contributed by atoms with E-state index < -0.39 is 0 Å². The fourth-order valence-corrected chi connectivity index (χ4v) is 2.10. The van der Waals surface area contributed by atoms with Gasteiger partial charge < -0.3 is 15.2 Å². The van der Waals surface area contributed by atoms with Crippen LogP contribution in [0.2, 0.25) is 0 Å². The zero-order valence-corrected chi connectivity index (χ0v) is 12.7. The summed E-state index contributed by atoms with van der Waals surface area (Å²) in [5.74, 6) is 1.36. The van der Waals surface area contributed by atoms with E-state index in [0.29, 0.717) is 24.1 Å². The van der Waals surface area contributed by atoms with Crippen LogP contribution >= 0.6 is 12.2 Å². The average Bonchev–Trinajstić information content (AvgIpc) is 2.34. The van der Waals surface area contributed by atoms with Gasteiger partial charge in [0.05, 0.1) is 18.3 Å². The van der Waals surface area contributed by atoms with E-state index in [9.17, 15) is 0 Å². The second-order valence-corrected chi connectivity index (χ2v) is 5.46. The zero-order valence-electron chi connectivity index (χ0n) is 11.9. The number of thiocarbonyl (C=S) groups is 1. The van der Waals surface area contributed by atoms with Crippen LogP contribution in [0.5, 0.6) is 5.75 Å². The molecule has 1 rings (SSSR count). The molecule has 0 radical (unpaired) electrons. The number of hydrogen-bond donors (Lipinski definition) is 1. The molecule has 0 spiro atoms. The van der Waals surface area contributed by atoms with Gasteiger partial charge in [0.2, 0.25) is 0 Å². The van der Waals surface area contributed by atoms with Crippen molar-refractivity contribution in [3.8, 4) is 5.75 Å². The quantitative estimate of drug-likeness (QED) is 0.587. The molecule has 0 saturated carbocycles. The minimum Gasteiger partial charge on any atom is -0.490 e. The second kappa shape index (κ2) is 8.12. The third kappa shape index (κ3) is 6.03. The first-order valence-electron chi connectivity index (χ1n) is 6.64. The lowest BCUT2D eigenvalue weighted by Crippen LogP contribution is -2.17. The lowest BCUT2D eigenvalue weighted by atomic mass is 10.1. The first-order chi connectivity index (χ1) is 9.00. The van der Waals surface area contributed by atoms with Crippen LogP contribution in [0.1, 0.15) is 32.8 Å². The Morgan fingerprint density at radius 3 is 2.53 bits per heavy atom. The molecule has 0 aliphatic carbocycles. The van der Waals surface area contributed by atoms with Crippen molar-refractivity contribution in [3.63, 3.8) is 0 Å². The van der Waals surface area contributed by atoms with Gasteiger partial charge in [0.1, 0.15) is 17.3 Å². The highest BCUT2D eigenvalue weighted by atomic mass is 32.1. The Morgan fingerprint density at radius 1 is 1.21 bits per heavy atom. The summed E-state index contributed by atoms with van der Waals surface area (Å²) in [6.07, 6.45) is 1.32. The highest BCUT2D eigenvalue weighted by Gasteiger charge is 2.07. The van der Waals surface area contributed by atoms with Gasteiger partial charge in [0.15, 0.2) is 0 Å². The molecule has 1 aromatic rings. The standard InChI is InChI=1S/C15H23NO2S/c1-11(2)10-12(3)17-8-9-18-14-7-5-4-6-13(14)15(16)19/h4-7,11-12H,8-10H2,1-3H3,(H2,16,19). The van der Waals surface area contributed by atoms with Crippen molar-refractivity contribution in [3.05, 3.63) is 29.8 Å². The van der Waals surface area contributed by atoms with Gasteiger partial charge in [-0.2, -0.15) is 0 Å². The highest BCUT2D eigenvalue weighted by molar-refractivity contribution is 7.80. The van der Waals surface area contributed by atoms with Crippen molar-refractivity contribution in [1.29, 1.82) is 0 Å². The van der Waals surface area contributed by atoms with Crippen LogP contribution in [-0.2, 0) is 4.74 Å². The predicted molar refractivity (Wildman–Crippen MR) is 82.7 cm³/mol. The van der Waals surface area contributed by atoms with E-state index >= 15 is 0 Å². The molecule has 0 aromatic heterocycles. The molecule has 0 heterocycles. The monoisotopic (exact) mass is 281 g/mol. The predicted octanol–water partition coefficient (Wildman–Crippen LogP) is 3.15. The Morgan fingerprint density at radius 2 is 1.89 bits per heavy atom. The Labute approximate surface area is 121 Å². The van der Waals surface area contributed by atoms with Crippen LogP contribution in [-0.4, -0.2) is 24.3 Å². The van der Waals surface area contributed by atoms with Crippen molar-refractivity contribution in [2.24, 2.45) is 11.7 Å². The molecular weight excluding hydrogens is 258 g/mol. The van der Waals surface area contributed by atoms with Crippen molar-refractivity contribution < 1.29 is 9.47 Å². The van der Waals surface area contributed by atoms with E-state index in [2.05, 4.69) is 20.8 Å². The summed E-state index contributed by atoms with van der Waals surface area (Å²) < 4.78 is 11.3. The SMILES string of the molecule is CC(C)CC(C)OCCOc1ccccc1C(N)=S. The average molecular weight is 281 g/mol. The normalized spacial score (nSPS) is 12.4. The summed E-state index contributed by atoms with van der Waals surface area (Å²) in [6.45, 7) is 7.54. The van der Waals surface area contributed by atoms with E-state index in [1.807, 2.05) is 24.3 Å². The molecule has 1 unspecified atom stereocenters. The number of rotatable bonds is 8. The van der Waals surface area contributed by atoms with Crippen LogP contribution in [0.3, 0.4) is 0 Å². The van der Waals surface area contributed by atoms with Crippen molar-refractivity contribution >= 4 is 17.2 Å². The van der Waals surface area contributed by atoms with Crippen molar-refractivity contribution in [1.82, 2.24) is 0 Å². The summed E-state index contributed by atoms with van der Waals surface area (Å²) in [7, 11) is 0. The van der Waals surface area contributed by atoms with Gasteiger partial charge in [0, 0.05) is 0 Å². The van der Waals surface area contributed by atoms with E-state index in [0.717, 1.165) is 17.7 Å². The molecule has 0 aliphatic heterocycles. The minimum atomic E-state index is 0.259. The molecule has 1 aromatic carbocycles. The molecule has 4 heteroatoms. The Kier molecular flexibility index (Phi) is 6.81. The molecule has 0 aliphatic rings. The highest BCUT2D eigenvalue weighted by Crippen LogP contribution is 2.17. The van der Waals surface area contributed by atoms with Crippen molar-refractivity contribution in [2.45, 2.75) is 33.3 Å². The second-order valence-electron chi connectivity index (χ2n) is 5.02. The lowest BCUT2D eigenvalue weighted by Gasteiger charge is -2.16. The number of para-hydroxylation sites is 1. The summed E-state index contributed by atoms with van der Waals surface area (Å²) in [4.78, 5) is 0.352. The molecule has 3 nitrogen and oxygen atoms in total. The van der Waals surface area contributed by atoms with Crippen LogP contribution in [0.15, 0.2) is 24.3 Å². The summed E-state index contributed by atoms with van der Waals surface area (Å²) in [5.41, 5.74) is 6.41. The number of nitrogens with two attached hydrogens (primary N) is 1. The first kappa shape index (κ1) is 15.9. The Hall–Kier alpha value is -1.13. The van der Waals surface area contributed by atoms with Crippen LogP contribution in [0, 0.1) is 5.92 Å². The summed E-state index contributed by atoms with van der Waals surface area (Å²) in [6, 6.07) is 7.52. The molecule has 19 heavy (non-hydrogen) atoms. The smallest absolute Gasteiger partial charge is 0.129 e. The zero-order chi connectivity index (χ0) is 14.3. The Bertz CT molecular complexity index is 407. The molecule has 0 fully saturated rings. The Balaban J connectivity index is 2.35. The number of benzene rings is 1. The fourth-order valence-electron chi connectivity index (χ4n) is 1.93. The fraction of sp³-hybridized carbons (Fsp3) is 0.533. The molecular formula is C15H23NO2S. The van der Waals surface area contributed by atoms with Crippen LogP contribution in [0.4, 0.5) is 0 Å². The van der Waals surface area contributed by atoms with Gasteiger partial charge >= 0.3 is 0 Å². The first-order valence-corrected chi connectivity index (χ1v) is 7.04. The van der Waals surface area contributed by atoms with Crippen LogP contribution in [0.25, 0.3) is 0 Å². The van der Waals surface area contributed by atoms with Crippen molar-refractivity contribution in [2.75, 3.05) is 13.2 Å². The molecule has 0 bridgehead atoms. The van der Waals surface area contributed by atoms with Gasteiger partial charge in [-0.1, -0.05) is 38.2 Å². The molecule has 1 atom stereocenters. The summed E-state index contributed by atoms with van der Waals surface area (Å²) >= 11 is 4.98. The minimum absolute atomic E-state index is 0.259. The van der Waals surface area contributed by atoms with E-state index in [1.54, 1.807) is 0 Å². The maximum absolute atomic E-state index is 5.69. The molecule has 0 saturated heterocycles. The van der Waals surface area contributed by atoms with Gasteiger partial charge in [-0.15, -0.1) is 0 Å². The molecule has 106 valence electrons. The largest absolute Gasteiger partial charge is 0.490 e. The van der Waals surface area contributed by atoms with E-state index in [4.69, 9.17) is 27.4 Å². The van der Waals surface area contributed by atoms with Gasteiger partial charge in [-0.05, 0) is 31.4 Å². The van der Waals surface area contributed by atoms with Gasteiger partial charge in [0.25, 0.3) is 0 Å². The third-order valence-electron chi connectivity index (χ3n) is 2.70. The lowest BCUT2D eigenvalue weighted by molar-refractivity contribution is 0.0331.